The summed E-state index contributed by atoms with van der Waals surface area (Å²) >= 11 is 0. The average Bonchev–Trinajstić information content (AvgIpc) is 2.72. The molecule has 1 N–H and O–H groups in total. The van der Waals surface area contributed by atoms with E-state index in [0.29, 0.717) is 22.5 Å². The first kappa shape index (κ1) is 20.0. The normalized spacial score (nSPS) is 10.4. The standard InChI is InChI=1S/C20H18FN3O5/c1-2-27-20(26)11-23-18(25)12-28-14-4-6-15(7-5-14)29-19-10-22-17-9-13(21)3-8-16(17)24-19/h3-10H,2,11-12H2,1H3,(H,23,25). The molecule has 8 nitrogen and oxygen atoms in total. The van der Waals surface area contributed by atoms with Gasteiger partial charge in [0.25, 0.3) is 5.91 Å². The van der Waals surface area contributed by atoms with Crippen LogP contribution in [0.2, 0.25) is 0 Å². The van der Waals surface area contributed by atoms with Crippen molar-refractivity contribution >= 4 is 22.9 Å². The number of benzene rings is 2. The lowest BCUT2D eigenvalue weighted by molar-refractivity contribution is -0.143. The second-order valence-electron chi connectivity index (χ2n) is 5.79. The number of hydrogen-bond donors (Lipinski definition) is 1. The highest BCUT2D eigenvalue weighted by atomic mass is 19.1. The Morgan fingerprint density at radius 1 is 1.07 bits per heavy atom. The van der Waals surface area contributed by atoms with Gasteiger partial charge < -0.3 is 19.5 Å². The van der Waals surface area contributed by atoms with Gasteiger partial charge in [-0.3, -0.25) is 9.59 Å². The summed E-state index contributed by atoms with van der Waals surface area (Å²) in [6.45, 7) is 1.49. The van der Waals surface area contributed by atoms with Crippen molar-refractivity contribution in [1.29, 1.82) is 0 Å². The summed E-state index contributed by atoms with van der Waals surface area (Å²) < 4.78 is 28.9. The van der Waals surface area contributed by atoms with E-state index in [1.807, 2.05) is 0 Å². The van der Waals surface area contributed by atoms with Gasteiger partial charge in [0.2, 0.25) is 5.88 Å². The fraction of sp³-hybridized carbons (Fsp3) is 0.200. The van der Waals surface area contributed by atoms with Crippen molar-refractivity contribution in [1.82, 2.24) is 15.3 Å². The fourth-order valence-electron chi connectivity index (χ4n) is 2.32. The van der Waals surface area contributed by atoms with Gasteiger partial charge in [0.1, 0.15) is 23.9 Å². The van der Waals surface area contributed by atoms with Crippen molar-refractivity contribution < 1.29 is 28.2 Å². The van der Waals surface area contributed by atoms with Crippen molar-refractivity contribution in [2.45, 2.75) is 6.92 Å². The van der Waals surface area contributed by atoms with E-state index in [9.17, 15) is 14.0 Å². The van der Waals surface area contributed by atoms with Crippen molar-refractivity contribution in [3.05, 3.63) is 54.5 Å². The molecule has 9 heteroatoms. The van der Waals surface area contributed by atoms with Gasteiger partial charge in [0, 0.05) is 6.07 Å². The second kappa shape index (κ2) is 9.45. The largest absolute Gasteiger partial charge is 0.484 e. The van der Waals surface area contributed by atoms with Gasteiger partial charge in [-0.15, -0.1) is 0 Å². The van der Waals surface area contributed by atoms with Gasteiger partial charge in [-0.1, -0.05) is 0 Å². The quantitative estimate of drug-likeness (QED) is 0.581. The minimum Gasteiger partial charge on any atom is -0.484 e. The third kappa shape index (κ3) is 5.86. The molecule has 0 aliphatic carbocycles. The molecular formula is C20H18FN3O5. The molecule has 0 fully saturated rings. The first-order valence-electron chi connectivity index (χ1n) is 8.79. The van der Waals surface area contributed by atoms with Gasteiger partial charge in [-0.05, 0) is 43.3 Å². The van der Waals surface area contributed by atoms with Crippen LogP contribution < -0.4 is 14.8 Å². The smallest absolute Gasteiger partial charge is 0.325 e. The van der Waals surface area contributed by atoms with Crippen LogP contribution >= 0.6 is 0 Å². The van der Waals surface area contributed by atoms with Crippen LogP contribution in [0.15, 0.2) is 48.7 Å². The number of aromatic nitrogens is 2. The number of fused-ring (bicyclic) bond motifs is 1. The Morgan fingerprint density at radius 2 is 1.83 bits per heavy atom. The first-order valence-corrected chi connectivity index (χ1v) is 8.79. The van der Waals surface area contributed by atoms with E-state index in [4.69, 9.17) is 14.2 Å². The highest BCUT2D eigenvalue weighted by Crippen LogP contribution is 2.23. The van der Waals surface area contributed by atoms with Crippen LogP contribution in [0.25, 0.3) is 11.0 Å². The summed E-state index contributed by atoms with van der Waals surface area (Å²) in [5, 5.41) is 2.40. The van der Waals surface area contributed by atoms with Crippen molar-refractivity contribution in [2.24, 2.45) is 0 Å². The van der Waals surface area contributed by atoms with Crippen molar-refractivity contribution in [3.63, 3.8) is 0 Å². The lowest BCUT2D eigenvalue weighted by atomic mass is 10.3. The molecule has 0 spiro atoms. The predicted molar refractivity (Wildman–Crippen MR) is 101 cm³/mol. The molecule has 29 heavy (non-hydrogen) atoms. The van der Waals surface area contributed by atoms with Gasteiger partial charge >= 0.3 is 5.97 Å². The molecule has 0 saturated heterocycles. The minimum absolute atomic E-state index is 0.206. The molecular weight excluding hydrogens is 381 g/mol. The molecule has 0 radical (unpaired) electrons. The maximum Gasteiger partial charge on any atom is 0.325 e. The topological polar surface area (TPSA) is 99.6 Å². The molecule has 0 saturated carbocycles. The Hall–Kier alpha value is -3.75. The molecule has 1 aromatic heterocycles. The molecule has 0 unspecified atom stereocenters. The van der Waals surface area contributed by atoms with E-state index in [0.717, 1.165) is 0 Å². The molecule has 0 bridgehead atoms. The van der Waals surface area contributed by atoms with E-state index >= 15 is 0 Å². The molecule has 1 heterocycles. The Bertz CT molecular complexity index is 1010. The predicted octanol–water partition coefficient (Wildman–Crippen LogP) is 2.62. The number of hydrogen-bond acceptors (Lipinski definition) is 7. The average molecular weight is 399 g/mol. The number of esters is 1. The lowest BCUT2D eigenvalue weighted by Crippen LogP contribution is -2.34. The van der Waals surface area contributed by atoms with E-state index < -0.39 is 11.9 Å². The maximum absolute atomic E-state index is 13.2. The number of carbonyl (C=O) groups excluding carboxylic acids is 2. The van der Waals surface area contributed by atoms with Crippen LogP contribution in [-0.2, 0) is 14.3 Å². The highest BCUT2D eigenvalue weighted by Gasteiger charge is 2.08. The summed E-state index contributed by atoms with van der Waals surface area (Å²) in [6.07, 6.45) is 1.40. The summed E-state index contributed by atoms with van der Waals surface area (Å²) in [7, 11) is 0. The van der Waals surface area contributed by atoms with Crippen LogP contribution in [-0.4, -0.2) is 41.6 Å². The zero-order valence-corrected chi connectivity index (χ0v) is 15.6. The number of carbonyl (C=O) groups is 2. The Kier molecular flexibility index (Phi) is 6.51. The Labute approximate surface area is 165 Å². The van der Waals surface area contributed by atoms with Crippen LogP contribution in [0.5, 0.6) is 17.4 Å². The summed E-state index contributed by atoms with van der Waals surface area (Å²) in [5.41, 5.74) is 0.944. The molecule has 0 aliphatic rings. The zero-order valence-electron chi connectivity index (χ0n) is 15.6. The van der Waals surface area contributed by atoms with E-state index in [1.54, 1.807) is 31.2 Å². The molecule has 1 amide bonds. The molecule has 2 aromatic carbocycles. The van der Waals surface area contributed by atoms with Crippen LogP contribution in [0, 0.1) is 5.82 Å². The minimum atomic E-state index is -0.510. The maximum atomic E-state index is 13.2. The Morgan fingerprint density at radius 3 is 2.59 bits per heavy atom. The zero-order chi connectivity index (χ0) is 20.6. The monoisotopic (exact) mass is 399 g/mol. The van der Waals surface area contributed by atoms with E-state index in [-0.39, 0.29) is 31.5 Å². The number of halogens is 1. The molecule has 0 atom stereocenters. The number of nitrogens with one attached hydrogen (secondary N) is 1. The van der Waals surface area contributed by atoms with Gasteiger partial charge in [0.15, 0.2) is 6.61 Å². The first-order chi connectivity index (χ1) is 14.0. The van der Waals surface area contributed by atoms with Gasteiger partial charge in [0.05, 0.1) is 23.8 Å². The lowest BCUT2D eigenvalue weighted by Gasteiger charge is -2.09. The fourth-order valence-corrected chi connectivity index (χ4v) is 2.32. The van der Waals surface area contributed by atoms with Crippen molar-refractivity contribution in [3.8, 4) is 17.4 Å². The third-order valence-electron chi connectivity index (χ3n) is 3.63. The highest BCUT2D eigenvalue weighted by molar-refractivity contribution is 5.82. The van der Waals surface area contributed by atoms with Crippen LogP contribution in [0.4, 0.5) is 4.39 Å². The van der Waals surface area contributed by atoms with Crippen molar-refractivity contribution in [2.75, 3.05) is 19.8 Å². The van der Waals surface area contributed by atoms with Gasteiger partial charge in [-0.25, -0.2) is 14.4 Å². The second-order valence-corrected chi connectivity index (χ2v) is 5.79. The molecule has 3 aromatic rings. The summed E-state index contributed by atoms with van der Waals surface area (Å²) in [6, 6.07) is 10.6. The van der Waals surface area contributed by atoms with E-state index in [1.165, 1.54) is 24.4 Å². The van der Waals surface area contributed by atoms with Gasteiger partial charge in [-0.2, -0.15) is 0 Å². The number of ether oxygens (including phenoxy) is 3. The molecule has 3 rings (SSSR count). The molecule has 150 valence electrons. The third-order valence-corrected chi connectivity index (χ3v) is 3.63. The van der Waals surface area contributed by atoms with Crippen LogP contribution in [0.1, 0.15) is 6.92 Å². The number of nitrogens with zero attached hydrogens (tertiary/aromatic N) is 2. The number of rotatable bonds is 8. The Balaban J connectivity index is 1.51. The molecule has 0 aliphatic heterocycles. The van der Waals surface area contributed by atoms with Crippen LogP contribution in [0.3, 0.4) is 0 Å². The SMILES string of the molecule is CCOC(=O)CNC(=O)COc1ccc(Oc2cnc3cc(F)ccc3n2)cc1. The van der Waals surface area contributed by atoms with E-state index in [2.05, 4.69) is 15.3 Å². The summed E-state index contributed by atoms with van der Waals surface area (Å²) in [4.78, 5) is 31.2. The number of amides is 1. The summed E-state index contributed by atoms with van der Waals surface area (Å²) in [5.74, 6) is -0.143.